The van der Waals surface area contributed by atoms with Crippen molar-refractivity contribution >= 4 is 5.97 Å². The Morgan fingerprint density at radius 1 is 1.30 bits per heavy atom. The Labute approximate surface area is 130 Å². The van der Waals surface area contributed by atoms with Crippen molar-refractivity contribution in [3.63, 3.8) is 0 Å². The van der Waals surface area contributed by atoms with E-state index in [0.717, 1.165) is 5.56 Å². The quantitative estimate of drug-likeness (QED) is 0.783. The van der Waals surface area contributed by atoms with Crippen LogP contribution in [-0.4, -0.2) is 25.8 Å². The third kappa shape index (κ3) is 3.52. The lowest BCUT2D eigenvalue weighted by Gasteiger charge is -2.07. The van der Waals surface area contributed by atoms with Gasteiger partial charge in [-0.25, -0.2) is 14.2 Å². The molecule has 0 amide bonds. The average Bonchev–Trinajstić information content (AvgIpc) is 2.99. The second kappa shape index (κ2) is 6.27. The Hall–Kier alpha value is -3.22. The monoisotopic (exact) mass is 313 g/mol. The van der Waals surface area contributed by atoms with Crippen LogP contribution in [0.2, 0.25) is 0 Å². The largest absolute Gasteiger partial charge is 0.478 e. The van der Waals surface area contributed by atoms with Gasteiger partial charge in [0, 0.05) is 12.4 Å². The van der Waals surface area contributed by atoms with E-state index in [2.05, 4.69) is 10.1 Å². The van der Waals surface area contributed by atoms with Gasteiger partial charge in [-0.05, 0) is 29.8 Å². The third-order valence-corrected chi connectivity index (χ3v) is 3.06. The predicted octanol–water partition coefficient (Wildman–Crippen LogP) is 2.96. The van der Waals surface area contributed by atoms with E-state index in [1.54, 1.807) is 18.2 Å². The van der Waals surface area contributed by atoms with Crippen LogP contribution in [0, 0.1) is 5.82 Å². The molecule has 2 aromatic heterocycles. The second-order valence-corrected chi connectivity index (χ2v) is 4.77. The molecule has 0 fully saturated rings. The smallest absolute Gasteiger partial charge is 0.338 e. The average molecular weight is 313 g/mol. The van der Waals surface area contributed by atoms with Crippen LogP contribution in [0.25, 0.3) is 0 Å². The van der Waals surface area contributed by atoms with Crippen LogP contribution in [0.4, 0.5) is 4.39 Å². The second-order valence-electron chi connectivity index (χ2n) is 4.77. The maximum Gasteiger partial charge on any atom is 0.338 e. The molecule has 0 aliphatic carbocycles. The highest BCUT2D eigenvalue weighted by atomic mass is 19.1. The van der Waals surface area contributed by atoms with Gasteiger partial charge in [0.1, 0.15) is 5.75 Å². The lowest BCUT2D eigenvalue weighted by molar-refractivity contribution is 0.0696. The molecule has 0 aliphatic rings. The number of pyridine rings is 1. The normalized spacial score (nSPS) is 10.5. The summed E-state index contributed by atoms with van der Waals surface area (Å²) in [6, 6.07) is 9.75. The number of nitrogens with zero attached hydrogens (tertiary/aromatic N) is 3. The molecule has 0 aliphatic heterocycles. The highest BCUT2D eigenvalue weighted by molar-refractivity contribution is 5.86. The first-order valence-corrected chi connectivity index (χ1v) is 6.75. The molecule has 116 valence electrons. The van der Waals surface area contributed by atoms with Crippen LogP contribution < -0.4 is 4.74 Å². The van der Waals surface area contributed by atoms with Crippen LogP contribution in [-0.2, 0) is 6.54 Å². The number of carboxylic acid groups (broad SMARTS) is 1. The van der Waals surface area contributed by atoms with Crippen molar-refractivity contribution in [2.24, 2.45) is 0 Å². The zero-order valence-corrected chi connectivity index (χ0v) is 11.9. The Balaban J connectivity index is 1.77. The lowest BCUT2D eigenvalue weighted by atomic mass is 10.2. The molecule has 23 heavy (non-hydrogen) atoms. The highest BCUT2D eigenvalue weighted by Crippen LogP contribution is 2.22. The first kappa shape index (κ1) is 14.7. The zero-order valence-electron chi connectivity index (χ0n) is 11.9. The van der Waals surface area contributed by atoms with E-state index in [1.165, 1.54) is 35.4 Å². The minimum absolute atomic E-state index is 0.100. The van der Waals surface area contributed by atoms with E-state index in [9.17, 15) is 9.18 Å². The van der Waals surface area contributed by atoms with E-state index >= 15 is 0 Å². The summed E-state index contributed by atoms with van der Waals surface area (Å²) in [5.74, 6) is -1.24. The van der Waals surface area contributed by atoms with Crippen molar-refractivity contribution in [2.75, 3.05) is 0 Å². The van der Waals surface area contributed by atoms with Crippen LogP contribution in [0.3, 0.4) is 0 Å². The number of rotatable bonds is 5. The molecule has 7 heteroatoms. The SMILES string of the molecule is O=C(O)c1cnn(Cc2cccc(Oc3ncccc3F)c2)c1. The van der Waals surface area contributed by atoms with Gasteiger partial charge in [0.25, 0.3) is 5.88 Å². The Morgan fingerprint density at radius 3 is 2.91 bits per heavy atom. The molecule has 0 saturated heterocycles. The summed E-state index contributed by atoms with van der Waals surface area (Å²) >= 11 is 0. The Morgan fingerprint density at radius 2 is 2.17 bits per heavy atom. The van der Waals surface area contributed by atoms with Gasteiger partial charge in [0.05, 0.1) is 18.3 Å². The fourth-order valence-corrected chi connectivity index (χ4v) is 2.01. The van der Waals surface area contributed by atoms with E-state index in [1.807, 2.05) is 6.07 Å². The minimum atomic E-state index is -1.03. The molecule has 2 heterocycles. The zero-order chi connectivity index (χ0) is 16.2. The van der Waals surface area contributed by atoms with Crippen molar-refractivity contribution in [3.05, 3.63) is 71.9 Å². The maximum atomic E-state index is 13.5. The molecule has 0 atom stereocenters. The van der Waals surface area contributed by atoms with Gasteiger partial charge in [-0.15, -0.1) is 0 Å². The van der Waals surface area contributed by atoms with E-state index in [-0.39, 0.29) is 11.4 Å². The van der Waals surface area contributed by atoms with E-state index in [4.69, 9.17) is 9.84 Å². The summed E-state index contributed by atoms with van der Waals surface area (Å²) in [5.41, 5.74) is 0.951. The van der Waals surface area contributed by atoms with Gasteiger partial charge < -0.3 is 9.84 Å². The molecule has 6 nitrogen and oxygen atoms in total. The van der Waals surface area contributed by atoms with Crippen LogP contribution in [0.15, 0.2) is 55.0 Å². The standard InChI is InChI=1S/C16H12FN3O3/c17-14-5-2-6-18-15(14)23-13-4-1-3-11(7-13)9-20-10-12(8-19-20)16(21)22/h1-8,10H,9H2,(H,21,22). The van der Waals surface area contributed by atoms with Crippen molar-refractivity contribution in [1.82, 2.24) is 14.8 Å². The Bertz CT molecular complexity index is 848. The third-order valence-electron chi connectivity index (χ3n) is 3.06. The molecule has 0 bridgehead atoms. The van der Waals surface area contributed by atoms with Crippen LogP contribution >= 0.6 is 0 Å². The van der Waals surface area contributed by atoms with Crippen LogP contribution in [0.1, 0.15) is 15.9 Å². The van der Waals surface area contributed by atoms with Gasteiger partial charge in [-0.2, -0.15) is 5.10 Å². The van der Waals surface area contributed by atoms with Crippen molar-refractivity contribution < 1.29 is 19.0 Å². The lowest BCUT2D eigenvalue weighted by Crippen LogP contribution is -2.01. The van der Waals surface area contributed by atoms with Gasteiger partial charge in [0.2, 0.25) is 0 Å². The number of aromatic nitrogens is 3. The molecule has 0 saturated carbocycles. The number of hydrogen-bond acceptors (Lipinski definition) is 4. The number of ether oxygens (including phenoxy) is 1. The summed E-state index contributed by atoms with van der Waals surface area (Å²) in [5, 5.41) is 12.9. The maximum absolute atomic E-state index is 13.5. The molecular weight excluding hydrogens is 301 g/mol. The molecule has 0 spiro atoms. The van der Waals surface area contributed by atoms with Crippen molar-refractivity contribution in [2.45, 2.75) is 6.54 Å². The molecule has 0 radical (unpaired) electrons. The molecule has 0 unspecified atom stereocenters. The topological polar surface area (TPSA) is 77.2 Å². The fraction of sp³-hybridized carbons (Fsp3) is 0.0625. The molecule has 3 rings (SSSR count). The predicted molar refractivity (Wildman–Crippen MR) is 79.0 cm³/mol. The fourth-order valence-electron chi connectivity index (χ4n) is 2.01. The van der Waals surface area contributed by atoms with Crippen LogP contribution in [0.5, 0.6) is 11.6 Å². The van der Waals surface area contributed by atoms with Gasteiger partial charge in [-0.3, -0.25) is 4.68 Å². The van der Waals surface area contributed by atoms with Crippen molar-refractivity contribution in [3.8, 4) is 11.6 Å². The van der Waals surface area contributed by atoms with E-state index in [0.29, 0.717) is 12.3 Å². The number of halogens is 1. The Kier molecular flexibility index (Phi) is 4.01. The summed E-state index contributed by atoms with van der Waals surface area (Å²) < 4.78 is 20.5. The highest BCUT2D eigenvalue weighted by Gasteiger charge is 2.08. The number of carboxylic acids is 1. The molecular formula is C16H12FN3O3. The number of hydrogen-bond donors (Lipinski definition) is 1. The molecule has 1 N–H and O–H groups in total. The first-order chi connectivity index (χ1) is 11.1. The van der Waals surface area contributed by atoms with Crippen molar-refractivity contribution in [1.29, 1.82) is 0 Å². The van der Waals surface area contributed by atoms with E-state index < -0.39 is 11.8 Å². The van der Waals surface area contributed by atoms with Gasteiger partial charge in [0.15, 0.2) is 5.82 Å². The summed E-state index contributed by atoms with van der Waals surface area (Å²) in [7, 11) is 0. The van der Waals surface area contributed by atoms with Gasteiger partial charge in [-0.1, -0.05) is 12.1 Å². The summed E-state index contributed by atoms with van der Waals surface area (Å²) in [6.45, 7) is 0.370. The first-order valence-electron chi connectivity index (χ1n) is 6.75. The number of benzene rings is 1. The summed E-state index contributed by atoms with van der Waals surface area (Å²) in [6.07, 6.45) is 4.17. The van der Waals surface area contributed by atoms with Gasteiger partial charge >= 0.3 is 5.97 Å². The molecule has 3 aromatic rings. The molecule has 1 aromatic carbocycles. The minimum Gasteiger partial charge on any atom is -0.478 e. The summed E-state index contributed by atoms with van der Waals surface area (Å²) in [4.78, 5) is 14.7. The number of aromatic carboxylic acids is 1. The number of carbonyl (C=O) groups is 1.